The van der Waals surface area contributed by atoms with Crippen LogP contribution in [0.25, 0.3) is 0 Å². The van der Waals surface area contributed by atoms with E-state index in [-0.39, 0.29) is 22.8 Å². The molecule has 102 valence electrons. The predicted octanol–water partition coefficient (Wildman–Crippen LogP) is 2.74. The van der Waals surface area contributed by atoms with Crippen molar-refractivity contribution >= 4 is 5.78 Å². The third-order valence-corrected chi connectivity index (χ3v) is 3.16. The number of carbonyl (C=O) groups is 1. The molecule has 0 fully saturated rings. The molecule has 0 unspecified atom stereocenters. The lowest BCUT2D eigenvalue weighted by atomic mass is 9.83. The lowest BCUT2D eigenvalue weighted by molar-refractivity contribution is -0.134. The fourth-order valence-electron chi connectivity index (χ4n) is 1.70. The minimum Gasteiger partial charge on any atom is -0.385 e. The highest BCUT2D eigenvalue weighted by molar-refractivity contribution is 5.88. The zero-order valence-electron chi connectivity index (χ0n) is 12.8. The molecule has 0 rings (SSSR count). The van der Waals surface area contributed by atoms with Crippen LogP contribution in [0.2, 0.25) is 0 Å². The highest BCUT2D eigenvalue weighted by Crippen LogP contribution is 2.25. The van der Waals surface area contributed by atoms with Crippen LogP contribution >= 0.6 is 0 Å². The number of rotatable bonds is 5. The molecule has 0 aliphatic carbocycles. The van der Waals surface area contributed by atoms with E-state index in [1.165, 1.54) is 0 Å². The number of ketones is 1. The fourth-order valence-corrected chi connectivity index (χ4v) is 1.70. The lowest BCUT2D eigenvalue weighted by Crippen LogP contribution is -2.52. The van der Waals surface area contributed by atoms with Crippen molar-refractivity contribution in [2.45, 2.75) is 59.5 Å². The van der Waals surface area contributed by atoms with Crippen LogP contribution in [0.1, 0.15) is 48.0 Å². The van der Waals surface area contributed by atoms with Crippen molar-refractivity contribution in [3.8, 4) is 0 Å². The summed E-state index contributed by atoms with van der Waals surface area (Å²) in [6.45, 7) is 12.9. The van der Waals surface area contributed by atoms with Crippen molar-refractivity contribution in [3.05, 3.63) is 0 Å². The van der Waals surface area contributed by atoms with Crippen molar-refractivity contribution in [1.82, 2.24) is 4.90 Å². The number of carbonyl (C=O) groups excluding carboxylic acids is 1. The summed E-state index contributed by atoms with van der Waals surface area (Å²) in [4.78, 5) is 14.6. The first kappa shape index (κ1) is 16.6. The van der Waals surface area contributed by atoms with Crippen LogP contribution in [0.5, 0.6) is 0 Å². The minimum absolute atomic E-state index is 0.0146. The van der Waals surface area contributed by atoms with E-state index in [1.54, 1.807) is 7.11 Å². The normalized spacial score (nSPS) is 15.1. The maximum Gasteiger partial charge on any atom is 0.155 e. The number of hydrogen-bond acceptors (Lipinski definition) is 3. The number of hydrogen-bond donors (Lipinski definition) is 0. The van der Waals surface area contributed by atoms with Gasteiger partial charge in [0.1, 0.15) is 0 Å². The molecule has 17 heavy (non-hydrogen) atoms. The Labute approximate surface area is 107 Å². The summed E-state index contributed by atoms with van der Waals surface area (Å²) in [6, 6.07) is -0.0741. The topological polar surface area (TPSA) is 29.5 Å². The molecule has 0 aromatic heterocycles. The van der Waals surface area contributed by atoms with Crippen molar-refractivity contribution in [1.29, 1.82) is 0 Å². The molecule has 1 atom stereocenters. The lowest BCUT2D eigenvalue weighted by Gasteiger charge is -2.40. The number of ether oxygens (including phenoxy) is 1. The van der Waals surface area contributed by atoms with E-state index < -0.39 is 0 Å². The van der Waals surface area contributed by atoms with Crippen molar-refractivity contribution in [2.75, 3.05) is 20.8 Å². The fraction of sp³-hybridized carbons (Fsp3) is 0.929. The minimum atomic E-state index is -0.308. The predicted molar refractivity (Wildman–Crippen MR) is 72.3 cm³/mol. The summed E-state index contributed by atoms with van der Waals surface area (Å²) in [6.07, 6.45) is 0.750. The Morgan fingerprint density at radius 2 is 1.65 bits per heavy atom. The summed E-state index contributed by atoms with van der Waals surface area (Å²) >= 11 is 0. The van der Waals surface area contributed by atoms with Gasteiger partial charge in [0.25, 0.3) is 0 Å². The van der Waals surface area contributed by atoms with Gasteiger partial charge >= 0.3 is 0 Å². The standard InChI is InChI=1S/C14H29NO2/c1-13(2,3)12(16)11(9-10-17-8)15(7)14(4,5)6/h11H,9-10H2,1-8H3/t11-/m0/s1. The molecule has 0 saturated carbocycles. The van der Waals surface area contributed by atoms with Crippen molar-refractivity contribution in [2.24, 2.45) is 5.41 Å². The third kappa shape index (κ3) is 5.17. The maximum absolute atomic E-state index is 12.5. The average molecular weight is 243 g/mol. The first-order valence-electron chi connectivity index (χ1n) is 6.28. The Morgan fingerprint density at radius 1 is 1.18 bits per heavy atom. The van der Waals surface area contributed by atoms with E-state index >= 15 is 0 Å². The van der Waals surface area contributed by atoms with Gasteiger partial charge in [-0.15, -0.1) is 0 Å². The second kappa shape index (κ2) is 5.96. The van der Waals surface area contributed by atoms with E-state index in [9.17, 15) is 4.79 Å². The van der Waals surface area contributed by atoms with Crippen LogP contribution in [0, 0.1) is 5.41 Å². The summed E-state index contributed by atoms with van der Waals surface area (Å²) in [5.74, 6) is 0.284. The Hall–Kier alpha value is -0.410. The van der Waals surface area contributed by atoms with Crippen molar-refractivity contribution < 1.29 is 9.53 Å². The van der Waals surface area contributed by atoms with Gasteiger partial charge in [0, 0.05) is 24.7 Å². The smallest absolute Gasteiger partial charge is 0.155 e. The molecule has 3 heteroatoms. The van der Waals surface area contributed by atoms with Gasteiger partial charge in [-0.2, -0.15) is 0 Å². The molecule has 0 N–H and O–H groups in total. The molecule has 0 aromatic rings. The van der Waals surface area contributed by atoms with E-state index in [2.05, 4.69) is 25.7 Å². The van der Waals surface area contributed by atoms with E-state index in [0.717, 1.165) is 6.42 Å². The van der Waals surface area contributed by atoms with Crippen LogP contribution in [0.15, 0.2) is 0 Å². The Morgan fingerprint density at radius 3 is 1.94 bits per heavy atom. The van der Waals surface area contributed by atoms with Crippen LogP contribution in [0.4, 0.5) is 0 Å². The SMILES string of the molecule is COCC[C@@H](C(=O)C(C)(C)C)N(C)C(C)(C)C. The van der Waals surface area contributed by atoms with E-state index in [4.69, 9.17) is 4.74 Å². The van der Waals surface area contributed by atoms with Gasteiger partial charge in [0.05, 0.1) is 6.04 Å². The molecule has 0 amide bonds. The van der Waals surface area contributed by atoms with Crippen LogP contribution in [-0.4, -0.2) is 43.0 Å². The molecule has 0 aromatic carbocycles. The molecule has 0 bridgehead atoms. The highest BCUT2D eigenvalue weighted by atomic mass is 16.5. The van der Waals surface area contributed by atoms with Gasteiger partial charge in [-0.1, -0.05) is 20.8 Å². The average Bonchev–Trinajstić information content (AvgIpc) is 2.14. The zero-order chi connectivity index (χ0) is 13.9. The Bertz CT molecular complexity index is 248. The number of likely N-dealkylation sites (N-methyl/N-ethyl adjacent to an activating group) is 1. The molecular formula is C14H29NO2. The first-order valence-corrected chi connectivity index (χ1v) is 6.28. The summed E-state index contributed by atoms with van der Waals surface area (Å²) in [5, 5.41) is 0. The first-order chi connectivity index (χ1) is 7.51. The summed E-state index contributed by atoms with van der Waals surface area (Å²) in [7, 11) is 3.69. The molecule has 0 spiro atoms. The monoisotopic (exact) mass is 243 g/mol. The number of Topliss-reactive ketones (excluding diaryl/α,β-unsaturated/α-hetero) is 1. The molecule has 0 saturated heterocycles. The molecule has 0 radical (unpaired) electrons. The molecule has 0 aliphatic rings. The van der Waals surface area contributed by atoms with Gasteiger partial charge in [0.15, 0.2) is 5.78 Å². The second-order valence-corrected chi connectivity index (χ2v) is 6.69. The van der Waals surface area contributed by atoms with Gasteiger partial charge in [0.2, 0.25) is 0 Å². The van der Waals surface area contributed by atoms with Crippen LogP contribution in [-0.2, 0) is 9.53 Å². The van der Waals surface area contributed by atoms with E-state index in [1.807, 2.05) is 27.8 Å². The van der Waals surface area contributed by atoms with Gasteiger partial charge in [-0.3, -0.25) is 9.69 Å². The number of nitrogens with zero attached hydrogens (tertiary/aromatic N) is 1. The maximum atomic E-state index is 12.5. The van der Waals surface area contributed by atoms with Gasteiger partial charge in [-0.25, -0.2) is 0 Å². The third-order valence-electron chi connectivity index (χ3n) is 3.16. The molecular weight excluding hydrogens is 214 g/mol. The van der Waals surface area contributed by atoms with Crippen molar-refractivity contribution in [3.63, 3.8) is 0 Å². The van der Waals surface area contributed by atoms with Crippen LogP contribution < -0.4 is 0 Å². The second-order valence-electron chi connectivity index (χ2n) is 6.69. The zero-order valence-corrected chi connectivity index (χ0v) is 12.8. The number of methoxy groups -OCH3 is 1. The Balaban J connectivity index is 4.95. The van der Waals surface area contributed by atoms with Gasteiger partial charge in [-0.05, 0) is 34.2 Å². The molecule has 0 aliphatic heterocycles. The molecule has 3 nitrogen and oxygen atoms in total. The quantitative estimate of drug-likeness (QED) is 0.743. The Kier molecular flexibility index (Phi) is 5.82. The van der Waals surface area contributed by atoms with E-state index in [0.29, 0.717) is 6.61 Å². The summed E-state index contributed by atoms with van der Waals surface area (Å²) < 4.78 is 5.12. The highest BCUT2D eigenvalue weighted by Gasteiger charge is 2.35. The van der Waals surface area contributed by atoms with Gasteiger partial charge < -0.3 is 4.74 Å². The summed E-state index contributed by atoms with van der Waals surface area (Å²) in [5.41, 5.74) is -0.322. The van der Waals surface area contributed by atoms with Crippen LogP contribution in [0.3, 0.4) is 0 Å². The largest absolute Gasteiger partial charge is 0.385 e. The molecule has 0 heterocycles.